The van der Waals surface area contributed by atoms with E-state index < -0.39 is 36.6 Å². The highest BCUT2D eigenvalue weighted by Gasteiger charge is 2.42. The number of nitrogens with zero attached hydrogens (tertiary/aromatic N) is 2. The maximum Gasteiger partial charge on any atom is 0.407 e. The molecular weight excluding hydrogens is 536 g/mol. The molecule has 1 aromatic carbocycles. The molecule has 1 aromatic rings. The molecule has 2 saturated carbocycles. The van der Waals surface area contributed by atoms with E-state index in [9.17, 15) is 23.6 Å². The van der Waals surface area contributed by atoms with Gasteiger partial charge in [0, 0.05) is 39.0 Å². The Bertz CT molecular complexity index is 1090. The number of alkyl halides is 1. The molecule has 1 aliphatic heterocycles. The summed E-state index contributed by atoms with van der Waals surface area (Å²) >= 11 is 0. The minimum absolute atomic E-state index is 0.0423. The third kappa shape index (κ3) is 8.85. The van der Waals surface area contributed by atoms with E-state index in [2.05, 4.69) is 20.9 Å². The third-order valence-electron chi connectivity index (χ3n) is 8.09. The number of anilines is 1. The number of rotatable bonds is 13. The van der Waals surface area contributed by atoms with Crippen LogP contribution in [0.15, 0.2) is 18.2 Å². The average Bonchev–Trinajstić information content (AvgIpc) is 3.86. The number of benzene rings is 1. The number of likely N-dealkylation sites (N-methyl/N-ethyl adjacent to an activating group) is 1. The maximum atomic E-state index is 15.1. The number of hydrogen-bond donors (Lipinski definition) is 3. The lowest BCUT2D eigenvalue weighted by molar-refractivity contribution is -0.138. The standard InChI is InChI=1S/C29H41F2N5O5/c1-3-41-29(40)34-25(17-30)27(38)33-24(28(39)36-12-10-35(2)11-13-36)15-18-4-9-23(22(31)14-18)32-26(37)16-21(19-5-6-19)20-7-8-20/h4,9,14,19-21,24-25H,3,5-8,10-13,15-17H2,1-2H3,(H,32,37)(H,33,38)(H,34,40). The van der Waals surface area contributed by atoms with Gasteiger partial charge in [-0.15, -0.1) is 0 Å². The Morgan fingerprint density at radius 3 is 2.22 bits per heavy atom. The first-order valence-corrected chi connectivity index (χ1v) is 14.5. The Labute approximate surface area is 239 Å². The zero-order chi connectivity index (χ0) is 29.5. The molecule has 1 heterocycles. The number of carbonyl (C=O) groups is 4. The van der Waals surface area contributed by atoms with Gasteiger partial charge in [0.05, 0.1) is 12.3 Å². The molecule has 3 N–H and O–H groups in total. The van der Waals surface area contributed by atoms with Crippen LogP contribution in [0.4, 0.5) is 19.3 Å². The van der Waals surface area contributed by atoms with E-state index >= 15 is 4.39 Å². The van der Waals surface area contributed by atoms with Crippen LogP contribution < -0.4 is 16.0 Å². The molecular formula is C29H41F2N5O5. The van der Waals surface area contributed by atoms with Crippen LogP contribution in [0.3, 0.4) is 0 Å². The third-order valence-corrected chi connectivity index (χ3v) is 8.09. The van der Waals surface area contributed by atoms with Gasteiger partial charge in [-0.25, -0.2) is 13.6 Å². The summed E-state index contributed by atoms with van der Waals surface area (Å²) in [6.07, 6.45) is 4.01. The van der Waals surface area contributed by atoms with E-state index in [1.54, 1.807) is 17.9 Å². The number of amides is 4. The van der Waals surface area contributed by atoms with E-state index in [0.717, 1.165) is 25.7 Å². The molecule has 0 aromatic heterocycles. The fourth-order valence-corrected chi connectivity index (χ4v) is 5.41. The van der Waals surface area contributed by atoms with Crippen molar-refractivity contribution in [2.75, 3.05) is 51.8 Å². The summed E-state index contributed by atoms with van der Waals surface area (Å²) in [7, 11) is 1.94. The summed E-state index contributed by atoms with van der Waals surface area (Å²) in [6, 6.07) is 1.60. The van der Waals surface area contributed by atoms with Gasteiger partial charge in [-0.2, -0.15) is 0 Å². The molecule has 0 spiro atoms. The fourth-order valence-electron chi connectivity index (χ4n) is 5.41. The van der Waals surface area contributed by atoms with Crippen LogP contribution in [0.5, 0.6) is 0 Å². The normalized spacial score (nSPS) is 18.9. The molecule has 4 rings (SSSR count). The van der Waals surface area contributed by atoms with Crippen LogP contribution in [-0.2, 0) is 25.5 Å². The molecule has 2 unspecified atom stereocenters. The van der Waals surface area contributed by atoms with Crippen LogP contribution in [0, 0.1) is 23.6 Å². The lowest BCUT2D eigenvalue weighted by Gasteiger charge is -2.35. The molecule has 226 valence electrons. The van der Waals surface area contributed by atoms with Crippen molar-refractivity contribution in [3.63, 3.8) is 0 Å². The Hall–Kier alpha value is -3.28. The molecule has 10 nitrogen and oxygen atoms in total. The lowest BCUT2D eigenvalue weighted by Crippen LogP contribution is -2.58. The summed E-state index contributed by atoms with van der Waals surface area (Å²) in [6.45, 7) is 2.59. The van der Waals surface area contributed by atoms with E-state index in [-0.39, 0.29) is 30.5 Å². The molecule has 41 heavy (non-hydrogen) atoms. The summed E-state index contributed by atoms with van der Waals surface area (Å²) in [5.74, 6) is -0.545. The Morgan fingerprint density at radius 1 is 1.00 bits per heavy atom. The van der Waals surface area contributed by atoms with E-state index in [1.807, 2.05) is 7.05 Å². The van der Waals surface area contributed by atoms with Crippen LogP contribution in [0.2, 0.25) is 0 Å². The first-order chi connectivity index (χ1) is 19.7. The van der Waals surface area contributed by atoms with Crippen molar-refractivity contribution in [2.45, 2.75) is 57.5 Å². The molecule has 12 heteroatoms. The highest BCUT2D eigenvalue weighted by atomic mass is 19.1. The van der Waals surface area contributed by atoms with Gasteiger partial charge in [0.25, 0.3) is 0 Å². The predicted octanol–water partition coefficient (Wildman–Crippen LogP) is 2.48. The van der Waals surface area contributed by atoms with Crippen molar-refractivity contribution < 1.29 is 32.7 Å². The molecule has 0 bridgehead atoms. The molecule has 3 fully saturated rings. The second-order valence-electron chi connectivity index (χ2n) is 11.4. The minimum Gasteiger partial charge on any atom is -0.450 e. The van der Waals surface area contributed by atoms with Gasteiger partial charge in [0.1, 0.15) is 24.6 Å². The van der Waals surface area contributed by atoms with Gasteiger partial charge in [-0.1, -0.05) is 6.07 Å². The average molecular weight is 578 g/mol. The van der Waals surface area contributed by atoms with Crippen LogP contribution in [0.1, 0.15) is 44.6 Å². The van der Waals surface area contributed by atoms with Crippen molar-refractivity contribution in [1.29, 1.82) is 0 Å². The number of alkyl carbamates (subject to hydrolysis) is 1. The van der Waals surface area contributed by atoms with Gasteiger partial charge in [-0.3, -0.25) is 14.4 Å². The Balaban J connectivity index is 1.42. The number of nitrogens with one attached hydrogen (secondary N) is 3. The number of carbonyl (C=O) groups excluding carboxylic acids is 4. The van der Waals surface area contributed by atoms with E-state index in [0.29, 0.717) is 55.9 Å². The highest BCUT2D eigenvalue weighted by Crippen LogP contribution is 2.50. The highest BCUT2D eigenvalue weighted by molar-refractivity contribution is 5.92. The monoisotopic (exact) mass is 577 g/mol. The minimum atomic E-state index is -1.55. The number of piperazine rings is 1. The van der Waals surface area contributed by atoms with Gasteiger partial charge < -0.3 is 30.5 Å². The SMILES string of the molecule is CCOC(=O)NC(CF)C(=O)NC(Cc1ccc(NC(=O)CC(C2CC2)C2CC2)c(F)c1)C(=O)N1CCN(C)CC1. The molecule has 2 aliphatic carbocycles. The maximum absolute atomic E-state index is 15.1. The number of hydrogen-bond acceptors (Lipinski definition) is 6. The molecule has 2 atom stereocenters. The van der Waals surface area contributed by atoms with Crippen molar-refractivity contribution in [3.8, 4) is 0 Å². The summed E-state index contributed by atoms with van der Waals surface area (Å²) < 4.78 is 33.5. The summed E-state index contributed by atoms with van der Waals surface area (Å²) in [4.78, 5) is 54.4. The predicted molar refractivity (Wildman–Crippen MR) is 148 cm³/mol. The molecule has 3 aliphatic rings. The number of ether oxygens (including phenoxy) is 1. The van der Waals surface area contributed by atoms with Gasteiger partial charge in [-0.05, 0) is 75.1 Å². The smallest absolute Gasteiger partial charge is 0.407 e. The van der Waals surface area contributed by atoms with Crippen LogP contribution >= 0.6 is 0 Å². The largest absolute Gasteiger partial charge is 0.450 e. The zero-order valence-electron chi connectivity index (χ0n) is 23.8. The summed E-state index contributed by atoms with van der Waals surface area (Å²) in [5, 5.41) is 7.39. The van der Waals surface area contributed by atoms with Crippen LogP contribution in [-0.4, -0.2) is 92.2 Å². The van der Waals surface area contributed by atoms with Gasteiger partial charge in [0.15, 0.2) is 0 Å². The second kappa shape index (κ2) is 14.1. The number of halogens is 2. The molecule has 0 radical (unpaired) electrons. The second-order valence-corrected chi connectivity index (χ2v) is 11.4. The van der Waals surface area contributed by atoms with Gasteiger partial charge >= 0.3 is 6.09 Å². The van der Waals surface area contributed by atoms with E-state index in [1.165, 1.54) is 12.1 Å². The first-order valence-electron chi connectivity index (χ1n) is 14.5. The zero-order valence-corrected chi connectivity index (χ0v) is 23.8. The topological polar surface area (TPSA) is 120 Å². The fraction of sp³-hybridized carbons (Fsp3) is 0.655. The van der Waals surface area contributed by atoms with Crippen molar-refractivity contribution >= 4 is 29.5 Å². The summed E-state index contributed by atoms with van der Waals surface area (Å²) in [5.41, 5.74) is 0.475. The van der Waals surface area contributed by atoms with Crippen LogP contribution in [0.25, 0.3) is 0 Å². The lowest BCUT2D eigenvalue weighted by atomic mass is 9.94. The van der Waals surface area contributed by atoms with Crippen molar-refractivity contribution in [1.82, 2.24) is 20.4 Å². The van der Waals surface area contributed by atoms with Gasteiger partial charge in [0.2, 0.25) is 17.7 Å². The van der Waals surface area contributed by atoms with Crippen molar-refractivity contribution in [3.05, 3.63) is 29.6 Å². The van der Waals surface area contributed by atoms with Crippen molar-refractivity contribution in [2.24, 2.45) is 17.8 Å². The first kappa shape index (κ1) is 30.7. The molecule has 1 saturated heterocycles. The quantitative estimate of drug-likeness (QED) is 0.332. The molecule has 4 amide bonds. The Kier molecular flexibility index (Phi) is 10.5. The Morgan fingerprint density at radius 2 is 1.66 bits per heavy atom. The van der Waals surface area contributed by atoms with E-state index in [4.69, 9.17) is 4.74 Å².